The highest BCUT2D eigenvalue weighted by atomic mass is 19.4. The summed E-state index contributed by atoms with van der Waals surface area (Å²) < 4.78 is 41.2. The lowest BCUT2D eigenvalue weighted by molar-refractivity contribution is -0.140. The number of halogens is 3. The van der Waals surface area contributed by atoms with Gasteiger partial charge >= 0.3 is 6.18 Å². The Morgan fingerprint density at radius 2 is 0.645 bits per heavy atom. The van der Waals surface area contributed by atoms with Crippen molar-refractivity contribution in [1.29, 1.82) is 0 Å². The first-order chi connectivity index (χ1) is 52.3. The fourth-order valence-electron chi connectivity index (χ4n) is 16.1. The molecule has 4 atom stereocenters. The summed E-state index contributed by atoms with van der Waals surface area (Å²) in [5.41, 5.74) is 22.0. The second-order valence-corrected chi connectivity index (χ2v) is 29.0. The number of nitrogens with zero attached hydrogens (tertiary/aromatic N) is 6. The average molecular weight is 1440 g/mol. The maximum absolute atomic E-state index is 13.7. The Balaban J connectivity index is 0.000000123. The van der Waals surface area contributed by atoms with Gasteiger partial charge in [0.2, 0.25) is 0 Å². The highest BCUT2D eigenvalue weighted by Crippen LogP contribution is 2.41. The molecule has 6 aliphatic rings. The van der Waals surface area contributed by atoms with Gasteiger partial charge in [-0.05, 0) is 153 Å². The summed E-state index contributed by atoms with van der Waals surface area (Å²) >= 11 is 0. The van der Waals surface area contributed by atoms with E-state index in [1.807, 2.05) is 79.3 Å². The minimum atomic E-state index is -4.51. The van der Waals surface area contributed by atoms with Crippen molar-refractivity contribution in [2.24, 2.45) is 5.73 Å². The van der Waals surface area contributed by atoms with E-state index in [9.17, 15) is 22.8 Å². The number of carbonyl (C=O) groups is 2. The van der Waals surface area contributed by atoms with Crippen molar-refractivity contribution in [3.8, 4) is 101 Å². The number of nitrogens with one attached hydrogen (secondary N) is 11. The van der Waals surface area contributed by atoms with Gasteiger partial charge in [0.25, 0.3) is 11.8 Å². The molecule has 2 saturated carbocycles. The minimum absolute atomic E-state index is 0.0556. The fraction of sp³-hybridized carbons (Fsp3) is 0.333. The monoisotopic (exact) mass is 1440 g/mol. The van der Waals surface area contributed by atoms with Crippen molar-refractivity contribution in [2.75, 3.05) is 33.2 Å². The molecule has 18 rings (SSSR count). The molecular weight excluding hydrogens is 1350 g/mol. The third-order valence-electron chi connectivity index (χ3n) is 22.0. The second kappa shape index (κ2) is 31.3. The number of amides is 2. The number of hydrogen-bond acceptors (Lipinski definition) is 12. The SMILES string of the molecule is CNC(=O)c1[nH]c([C@@H]2CCCN2)nc1-c1ccc(-c2ccc(-c3cnc(C4CCCC4)[nH]3)cc2)cc1.FC(F)(F)c1[nH]c([C@@H]2CCCN2)nc1-c1ccc(-c2ccc(-c3cnc([C@@H]4CCCN4)[nH]3)cc2)cc1.NC(=O)c1[nH]c([C@@H]2CCCN2)nc1-c1ccc(-c2ccc(-c3cnc(C4CCCC4)[nH]3)cc2)cc1. The van der Waals surface area contributed by atoms with Crippen molar-refractivity contribution < 1.29 is 22.8 Å². The number of aromatic nitrogens is 12. The van der Waals surface area contributed by atoms with E-state index in [0.29, 0.717) is 46.0 Å². The summed E-state index contributed by atoms with van der Waals surface area (Å²) in [6, 6.07) is 49.1. The molecule has 0 unspecified atom stereocenters. The normalized spacial score (nSPS) is 18.9. The van der Waals surface area contributed by atoms with Gasteiger partial charge in [0.05, 0.1) is 59.8 Å². The van der Waals surface area contributed by atoms with Crippen LogP contribution in [-0.4, -0.2) is 105 Å². The van der Waals surface area contributed by atoms with Crippen LogP contribution in [0.5, 0.6) is 0 Å². The van der Waals surface area contributed by atoms with E-state index in [4.69, 9.17) is 15.7 Å². The molecule has 6 fully saturated rings. The van der Waals surface area contributed by atoms with Crippen LogP contribution < -0.4 is 32.3 Å². The summed E-state index contributed by atoms with van der Waals surface area (Å²) in [5.74, 6) is 5.68. The molecule has 4 aliphatic heterocycles. The zero-order chi connectivity index (χ0) is 73.0. The maximum atomic E-state index is 13.7. The van der Waals surface area contributed by atoms with E-state index in [0.717, 1.165) is 185 Å². The Labute approximate surface area is 618 Å². The molecule has 2 aliphatic carbocycles. The molecule has 23 heteroatoms. The molecule has 548 valence electrons. The highest BCUT2D eigenvalue weighted by Gasteiger charge is 2.39. The van der Waals surface area contributed by atoms with Gasteiger partial charge in [-0.15, -0.1) is 0 Å². The summed E-state index contributed by atoms with van der Waals surface area (Å²) in [6.45, 7) is 3.74. The van der Waals surface area contributed by atoms with E-state index in [1.165, 1.54) is 51.4 Å². The number of rotatable bonds is 17. The zero-order valence-electron chi connectivity index (χ0n) is 59.9. The van der Waals surface area contributed by atoms with Crippen molar-refractivity contribution >= 4 is 11.8 Å². The van der Waals surface area contributed by atoms with Crippen molar-refractivity contribution in [2.45, 2.75) is 145 Å². The molecule has 13 N–H and O–H groups in total. The Morgan fingerprint density at radius 1 is 0.355 bits per heavy atom. The van der Waals surface area contributed by atoms with E-state index in [1.54, 1.807) is 19.2 Å². The lowest BCUT2D eigenvalue weighted by Gasteiger charge is -2.08. The number of nitrogens with two attached hydrogens (primary N) is 1. The lowest BCUT2D eigenvalue weighted by atomic mass is 10.0. The number of alkyl halides is 3. The standard InChI is InChI=1S/C29H32N6O.C28H30N6O.C27H27F3N6/c1-30-29(36)26-25(34-28(35-26)23-7-4-16-31-23)21-14-10-19(11-15-21)18-8-12-20(13-9-18)24-17-32-27(33-24)22-5-2-3-6-22;29-26(35)25-24(33-28(34-25)22-6-3-15-30-22)20-13-9-18(10-14-20)17-7-11-19(12-8-17)23-16-31-27(32-23)21-4-1-2-5-21;28-27(29,30)24-23(35-26(36-24)21-4-2-14-32-21)19-11-7-17(8-12-19)16-5-9-18(10-6-16)22-15-33-25(34-22)20-3-1-13-31-20/h8-15,17,22-23,31H,2-7,16H2,1H3,(H,30,36)(H,32,33)(H,34,35);7-14,16,21-22,30H,1-6,15H2,(H2,29,35)(H,31,32)(H,33,34);5-12,15,20-21,31-32H,1-4,13-14H2,(H,33,34)(H,35,36)/t23-;22-;20-,21-/m000/s1. The van der Waals surface area contributed by atoms with Gasteiger partial charge in [0, 0.05) is 35.6 Å². The number of H-pyrrole nitrogens is 6. The summed E-state index contributed by atoms with van der Waals surface area (Å²) in [5, 5.41) is 16.3. The third kappa shape index (κ3) is 15.6. The number of imidazole rings is 6. The van der Waals surface area contributed by atoms with Crippen LogP contribution in [0.25, 0.3) is 101 Å². The molecule has 12 aromatic rings. The quantitative estimate of drug-likeness (QED) is 0.0405. The van der Waals surface area contributed by atoms with Gasteiger partial charge < -0.3 is 62.2 Å². The van der Waals surface area contributed by atoms with Crippen molar-refractivity contribution in [3.05, 3.63) is 216 Å². The van der Waals surface area contributed by atoms with E-state index in [-0.39, 0.29) is 35.8 Å². The van der Waals surface area contributed by atoms with E-state index >= 15 is 0 Å². The molecule has 2 amide bonds. The van der Waals surface area contributed by atoms with Crippen LogP contribution in [0.15, 0.2) is 164 Å². The Bertz CT molecular complexity index is 4990. The fourth-order valence-corrected chi connectivity index (χ4v) is 16.1. The van der Waals surface area contributed by atoms with Gasteiger partial charge in [0.1, 0.15) is 69.1 Å². The number of primary amides is 1. The van der Waals surface area contributed by atoms with Gasteiger partial charge in [-0.2, -0.15) is 13.2 Å². The van der Waals surface area contributed by atoms with Crippen molar-refractivity contribution in [3.63, 3.8) is 0 Å². The maximum Gasteiger partial charge on any atom is 0.433 e. The molecule has 4 saturated heterocycles. The van der Waals surface area contributed by atoms with Gasteiger partial charge in [0.15, 0.2) is 0 Å². The topological polar surface area (TPSA) is 292 Å². The van der Waals surface area contributed by atoms with Crippen LogP contribution in [0.3, 0.4) is 0 Å². The predicted molar refractivity (Wildman–Crippen MR) is 410 cm³/mol. The number of hydrogen-bond donors (Lipinski definition) is 12. The van der Waals surface area contributed by atoms with Gasteiger partial charge in [-0.3, -0.25) is 9.59 Å². The van der Waals surface area contributed by atoms with E-state index < -0.39 is 17.8 Å². The number of aromatic amines is 6. The third-order valence-corrected chi connectivity index (χ3v) is 22.0. The number of benzene rings is 6. The first-order valence-corrected chi connectivity index (χ1v) is 37.9. The smallest absolute Gasteiger partial charge is 0.364 e. The summed E-state index contributed by atoms with van der Waals surface area (Å²) in [7, 11) is 1.64. The molecule has 10 heterocycles. The summed E-state index contributed by atoms with van der Waals surface area (Å²) in [4.78, 5) is 71.8. The first-order valence-electron chi connectivity index (χ1n) is 37.9. The van der Waals surface area contributed by atoms with E-state index in [2.05, 4.69) is 149 Å². The first kappa shape index (κ1) is 70.5. The largest absolute Gasteiger partial charge is 0.433 e. The molecule has 0 radical (unpaired) electrons. The van der Waals surface area contributed by atoms with Crippen LogP contribution in [0.4, 0.5) is 13.2 Å². The predicted octanol–water partition coefficient (Wildman–Crippen LogP) is 16.9. The van der Waals surface area contributed by atoms with Gasteiger partial charge in [-0.1, -0.05) is 171 Å². The average Bonchev–Trinajstić information content (AvgIpc) is 1.66. The van der Waals surface area contributed by atoms with Crippen LogP contribution in [0.2, 0.25) is 0 Å². The second-order valence-electron chi connectivity index (χ2n) is 29.0. The molecule has 0 spiro atoms. The Morgan fingerprint density at radius 3 is 0.981 bits per heavy atom. The highest BCUT2D eigenvalue weighted by molar-refractivity contribution is 5.99. The summed E-state index contributed by atoms with van der Waals surface area (Å²) in [6.07, 6.45) is 19.6. The Hall–Kier alpha value is -10.9. The van der Waals surface area contributed by atoms with Gasteiger partial charge in [-0.25, -0.2) is 29.9 Å². The lowest BCUT2D eigenvalue weighted by Crippen LogP contribution is -2.19. The molecule has 6 aromatic carbocycles. The van der Waals surface area contributed by atoms with Crippen molar-refractivity contribution in [1.82, 2.24) is 86.4 Å². The zero-order valence-corrected chi connectivity index (χ0v) is 59.9. The molecule has 107 heavy (non-hydrogen) atoms. The van der Waals surface area contributed by atoms with Crippen LogP contribution in [0, 0.1) is 0 Å². The molecule has 6 aromatic heterocycles. The minimum Gasteiger partial charge on any atom is -0.364 e. The number of carbonyl (C=O) groups excluding carboxylic acids is 2. The van der Waals surface area contributed by atoms with Crippen LogP contribution in [0.1, 0.15) is 200 Å². The van der Waals surface area contributed by atoms with Crippen LogP contribution in [-0.2, 0) is 6.18 Å². The molecule has 0 bridgehead atoms. The molecular formula is C84H89F3N18O2. The molecule has 20 nitrogen and oxygen atoms in total. The Kier molecular flexibility index (Phi) is 20.6. The van der Waals surface area contributed by atoms with Crippen LogP contribution >= 0.6 is 0 Å².